The molecule has 0 saturated carbocycles. The fourth-order valence-corrected chi connectivity index (χ4v) is 6.43. The van der Waals surface area contributed by atoms with Gasteiger partial charge in [-0.05, 0) is 114 Å². The highest BCUT2D eigenvalue weighted by Gasteiger charge is 2.37. The number of methoxy groups -OCH3 is 1. The molecule has 10 heteroatoms. The van der Waals surface area contributed by atoms with Crippen molar-refractivity contribution in [2.75, 3.05) is 38.2 Å². The Balaban J connectivity index is 1.30. The Morgan fingerprint density at radius 2 is 1.65 bits per heavy atom. The number of esters is 1. The summed E-state index contributed by atoms with van der Waals surface area (Å²) in [6.45, 7) is 15.3. The molecule has 1 fully saturated rings. The van der Waals surface area contributed by atoms with E-state index in [2.05, 4.69) is 4.90 Å². The number of fused-ring (bicyclic) bond motifs is 1. The van der Waals surface area contributed by atoms with E-state index in [-0.39, 0.29) is 36.5 Å². The van der Waals surface area contributed by atoms with Gasteiger partial charge in [-0.2, -0.15) is 0 Å². The maximum atomic E-state index is 15.4. The monoisotopic (exact) mass is 675 g/mol. The predicted molar refractivity (Wildman–Crippen MR) is 187 cm³/mol. The summed E-state index contributed by atoms with van der Waals surface area (Å²) in [6.07, 6.45) is 0.848. The molecule has 1 aromatic heterocycles. The number of halogens is 1. The van der Waals surface area contributed by atoms with E-state index in [0.717, 1.165) is 33.8 Å². The van der Waals surface area contributed by atoms with Gasteiger partial charge in [-0.1, -0.05) is 24.3 Å². The molecule has 2 aromatic carbocycles. The molecule has 1 saturated heterocycles. The van der Waals surface area contributed by atoms with Crippen molar-refractivity contribution in [3.8, 4) is 17.0 Å². The SMILES string of the molecule is CO[C@@H]1CN(c2cccc(-c3cccc(C)c3OCc3cc(F)c4c(c3)CCN(C(=O)OC(C)(C)C)CC4)n2)CC[C@@H]1C(=O)OC(C)(C)C. The van der Waals surface area contributed by atoms with Crippen LogP contribution in [0.2, 0.25) is 0 Å². The molecule has 5 rings (SSSR count). The first-order valence-electron chi connectivity index (χ1n) is 17.1. The molecule has 0 bridgehead atoms. The number of carbonyl (C=O) groups excluding carboxylic acids is 2. The Hall–Kier alpha value is -4.18. The van der Waals surface area contributed by atoms with Crippen LogP contribution in [0.15, 0.2) is 48.5 Å². The highest BCUT2D eigenvalue weighted by Crippen LogP contribution is 2.35. The lowest BCUT2D eigenvalue weighted by molar-refractivity contribution is -0.165. The van der Waals surface area contributed by atoms with E-state index in [1.807, 2.05) is 90.9 Å². The topological polar surface area (TPSA) is 90.4 Å². The third-order valence-corrected chi connectivity index (χ3v) is 8.78. The summed E-state index contributed by atoms with van der Waals surface area (Å²) < 4.78 is 38.8. The van der Waals surface area contributed by atoms with Crippen molar-refractivity contribution in [2.45, 2.75) is 91.6 Å². The second-order valence-electron chi connectivity index (χ2n) is 15.0. The summed E-state index contributed by atoms with van der Waals surface area (Å²) in [5.41, 5.74) is 3.60. The summed E-state index contributed by atoms with van der Waals surface area (Å²) in [6, 6.07) is 15.3. The van der Waals surface area contributed by atoms with Gasteiger partial charge in [0.15, 0.2) is 0 Å². The summed E-state index contributed by atoms with van der Waals surface area (Å²) in [5.74, 6) is 0.591. The van der Waals surface area contributed by atoms with Crippen molar-refractivity contribution < 1.29 is 32.9 Å². The van der Waals surface area contributed by atoms with Gasteiger partial charge in [0.05, 0.1) is 17.7 Å². The molecule has 3 heterocycles. The molecular weight excluding hydrogens is 625 g/mol. The molecule has 2 aliphatic heterocycles. The van der Waals surface area contributed by atoms with Crippen LogP contribution in [0.5, 0.6) is 5.75 Å². The number of nitrogens with zero attached hydrogens (tertiary/aromatic N) is 3. The quantitative estimate of drug-likeness (QED) is 0.241. The molecule has 0 radical (unpaired) electrons. The van der Waals surface area contributed by atoms with Crippen molar-refractivity contribution in [2.24, 2.45) is 5.92 Å². The van der Waals surface area contributed by atoms with E-state index in [1.54, 1.807) is 12.0 Å². The van der Waals surface area contributed by atoms with Crippen molar-refractivity contribution in [3.63, 3.8) is 0 Å². The number of hydrogen-bond acceptors (Lipinski definition) is 8. The van der Waals surface area contributed by atoms with Gasteiger partial charge >= 0.3 is 12.1 Å². The van der Waals surface area contributed by atoms with Crippen molar-refractivity contribution in [1.29, 1.82) is 0 Å². The van der Waals surface area contributed by atoms with Gasteiger partial charge in [-0.25, -0.2) is 14.2 Å². The van der Waals surface area contributed by atoms with Crippen LogP contribution < -0.4 is 9.64 Å². The lowest BCUT2D eigenvalue weighted by Gasteiger charge is -2.38. The van der Waals surface area contributed by atoms with Crippen LogP contribution in [-0.4, -0.2) is 72.5 Å². The first kappa shape index (κ1) is 36.1. The van der Waals surface area contributed by atoms with Gasteiger partial charge in [-0.15, -0.1) is 0 Å². The molecule has 0 spiro atoms. The van der Waals surface area contributed by atoms with Gasteiger partial charge < -0.3 is 28.7 Å². The van der Waals surface area contributed by atoms with E-state index >= 15 is 4.39 Å². The van der Waals surface area contributed by atoms with Crippen LogP contribution in [0, 0.1) is 18.7 Å². The van der Waals surface area contributed by atoms with Gasteiger partial charge in [0.1, 0.15) is 35.2 Å². The first-order chi connectivity index (χ1) is 23.1. The zero-order chi connectivity index (χ0) is 35.5. The second-order valence-corrected chi connectivity index (χ2v) is 15.0. The van der Waals surface area contributed by atoms with Crippen LogP contribution in [0.25, 0.3) is 11.3 Å². The van der Waals surface area contributed by atoms with Gasteiger partial charge in [0.25, 0.3) is 0 Å². The molecule has 0 N–H and O–H groups in total. The largest absolute Gasteiger partial charge is 0.488 e. The zero-order valence-corrected chi connectivity index (χ0v) is 30.1. The number of rotatable bonds is 7. The number of carbonyl (C=O) groups is 2. The molecule has 2 aliphatic rings. The van der Waals surface area contributed by atoms with Crippen molar-refractivity contribution >= 4 is 17.9 Å². The number of hydrogen-bond donors (Lipinski definition) is 0. The summed E-state index contributed by atoms with van der Waals surface area (Å²) in [7, 11) is 1.63. The fraction of sp³-hybridized carbons (Fsp3) is 0.513. The Kier molecular flexibility index (Phi) is 10.9. The number of aromatic nitrogens is 1. The van der Waals surface area contributed by atoms with Crippen molar-refractivity contribution in [1.82, 2.24) is 9.88 Å². The third-order valence-electron chi connectivity index (χ3n) is 8.78. The third kappa shape index (κ3) is 9.09. The summed E-state index contributed by atoms with van der Waals surface area (Å²) in [5, 5.41) is 0. The number of benzene rings is 2. The molecule has 0 aliphatic carbocycles. The van der Waals surface area contributed by atoms with E-state index < -0.39 is 11.2 Å². The molecule has 2 atom stereocenters. The Morgan fingerprint density at radius 3 is 2.37 bits per heavy atom. The van der Waals surface area contributed by atoms with Gasteiger partial charge in [0, 0.05) is 38.9 Å². The number of amides is 1. The maximum Gasteiger partial charge on any atom is 0.410 e. The Labute approximate surface area is 289 Å². The molecule has 3 aromatic rings. The van der Waals surface area contributed by atoms with Gasteiger partial charge in [0.2, 0.25) is 0 Å². The number of aryl methyl sites for hydroxylation is 1. The fourth-order valence-electron chi connectivity index (χ4n) is 6.43. The average Bonchev–Trinajstić information content (AvgIpc) is 3.25. The molecule has 9 nitrogen and oxygen atoms in total. The number of ether oxygens (including phenoxy) is 4. The number of piperidine rings is 1. The standard InChI is InChI=1S/C39H50FN3O6/c1-25-11-9-12-29(32-13-10-14-34(41-32)43-20-17-30(33(23-43)46-8)36(44)48-38(2,3)4)35(25)47-24-26-21-27-15-18-42(37(45)49-39(5,6)7)19-16-28(27)31(40)22-26/h9-14,21-22,30,33H,15-20,23-24H2,1-8H3/t30-,33+/m0/s1. The smallest absolute Gasteiger partial charge is 0.410 e. The normalized spacial score (nSPS) is 18.4. The average molecular weight is 676 g/mol. The highest BCUT2D eigenvalue weighted by molar-refractivity contribution is 5.74. The molecule has 0 unspecified atom stereocenters. The van der Waals surface area contributed by atoms with E-state index in [9.17, 15) is 9.59 Å². The zero-order valence-electron chi connectivity index (χ0n) is 30.1. The Bertz CT molecular complexity index is 1660. The van der Waals surface area contributed by atoms with Gasteiger partial charge in [-0.3, -0.25) is 4.79 Å². The van der Waals surface area contributed by atoms with Crippen LogP contribution in [0.4, 0.5) is 15.0 Å². The van der Waals surface area contributed by atoms with Crippen LogP contribution in [0.1, 0.15) is 70.2 Å². The van der Waals surface area contributed by atoms with Crippen LogP contribution in [-0.2, 0) is 38.5 Å². The van der Waals surface area contributed by atoms with E-state index in [4.69, 9.17) is 23.9 Å². The number of anilines is 1. The summed E-state index contributed by atoms with van der Waals surface area (Å²) in [4.78, 5) is 34.4. The maximum absolute atomic E-state index is 15.4. The number of para-hydroxylation sites is 1. The molecule has 1 amide bonds. The van der Waals surface area contributed by atoms with Crippen LogP contribution >= 0.6 is 0 Å². The lowest BCUT2D eigenvalue weighted by atomic mass is 9.93. The predicted octanol–water partition coefficient (Wildman–Crippen LogP) is 7.29. The Morgan fingerprint density at radius 1 is 0.939 bits per heavy atom. The number of pyridine rings is 1. The molecule has 264 valence electrons. The minimum atomic E-state index is -0.593. The minimum Gasteiger partial charge on any atom is -0.488 e. The highest BCUT2D eigenvalue weighted by atomic mass is 19.1. The minimum absolute atomic E-state index is 0.172. The van der Waals surface area contributed by atoms with E-state index in [1.165, 1.54) is 6.07 Å². The first-order valence-corrected chi connectivity index (χ1v) is 17.1. The summed E-state index contributed by atoms with van der Waals surface area (Å²) >= 11 is 0. The van der Waals surface area contributed by atoms with Crippen molar-refractivity contribution in [3.05, 3.63) is 76.6 Å². The van der Waals surface area contributed by atoms with Crippen LogP contribution in [0.3, 0.4) is 0 Å². The molecule has 49 heavy (non-hydrogen) atoms. The molecular formula is C39H50FN3O6. The van der Waals surface area contributed by atoms with E-state index in [0.29, 0.717) is 56.8 Å². The lowest BCUT2D eigenvalue weighted by Crippen LogP contribution is -2.49. The second kappa shape index (κ2) is 14.7.